The highest BCUT2D eigenvalue weighted by atomic mass is 32.2. The van der Waals surface area contributed by atoms with Crippen LogP contribution in [0.25, 0.3) is 0 Å². The third-order valence-electron chi connectivity index (χ3n) is 6.61. The van der Waals surface area contributed by atoms with E-state index in [1.54, 1.807) is 0 Å². The molecule has 3 N–H and O–H groups in total. The van der Waals surface area contributed by atoms with Gasteiger partial charge in [0.1, 0.15) is 0 Å². The zero-order valence-electron chi connectivity index (χ0n) is 21.8. The first-order valence-electron chi connectivity index (χ1n) is 13.7. The first-order chi connectivity index (χ1) is 16.7. The Bertz CT molecular complexity index is 650. The molecule has 0 radical (unpaired) electrons. The van der Waals surface area contributed by atoms with Gasteiger partial charge >= 0.3 is 11.9 Å². The van der Waals surface area contributed by atoms with Crippen LogP contribution in [0.15, 0.2) is 0 Å². The second-order valence-corrected chi connectivity index (χ2v) is 11.4. The van der Waals surface area contributed by atoms with Gasteiger partial charge in [0.15, 0.2) is 0 Å². The van der Waals surface area contributed by atoms with Crippen LogP contribution in [0.2, 0.25) is 0 Å². The molecule has 0 aliphatic carbocycles. The van der Waals surface area contributed by atoms with Crippen molar-refractivity contribution in [3.05, 3.63) is 0 Å². The third-order valence-corrected chi connectivity index (χ3v) is 8.12. The van der Waals surface area contributed by atoms with Crippen LogP contribution in [0.3, 0.4) is 0 Å². The maximum Gasteiger partial charge on any atom is 0.328 e. The average Bonchev–Trinajstić information content (AvgIpc) is 2.78. The zero-order valence-corrected chi connectivity index (χ0v) is 22.7. The molecule has 0 saturated heterocycles. The van der Waals surface area contributed by atoms with Crippen molar-refractivity contribution in [2.75, 3.05) is 13.2 Å². The largest absolute Gasteiger partial charge is 0.481 e. The van der Waals surface area contributed by atoms with Gasteiger partial charge in [0.2, 0.25) is 4.75 Å². The summed E-state index contributed by atoms with van der Waals surface area (Å²) in [5.74, 6) is -3.51. The highest BCUT2D eigenvalue weighted by Gasteiger charge is 2.52. The molecule has 0 rings (SSSR count). The van der Waals surface area contributed by atoms with Gasteiger partial charge in [0.25, 0.3) is 10.1 Å². The molecule has 0 bridgehead atoms. The number of hydrogen-bond donors (Lipinski definition) is 3. The van der Waals surface area contributed by atoms with E-state index in [2.05, 4.69) is 6.92 Å². The molecule has 0 aromatic rings. The lowest BCUT2D eigenvalue weighted by atomic mass is 10.0. The SMILES string of the molecule is CCCCCCCCCCCCCCCCCCCCOCCC(CC(=O)O)(C(=O)O)S(=O)(=O)O. The van der Waals surface area contributed by atoms with Crippen LogP contribution in [0, 0.1) is 0 Å². The fraction of sp³-hybridized carbons (Fsp3) is 0.923. The van der Waals surface area contributed by atoms with Crippen molar-refractivity contribution in [1.82, 2.24) is 0 Å². The summed E-state index contributed by atoms with van der Waals surface area (Å²) in [5, 5.41) is 18.1. The number of ether oxygens (including phenoxy) is 1. The van der Waals surface area contributed by atoms with Crippen LogP contribution >= 0.6 is 0 Å². The molecule has 9 heteroatoms. The van der Waals surface area contributed by atoms with E-state index >= 15 is 0 Å². The standard InChI is InChI=1S/C26H50O8S/c1-2-3-4-5-6-7-8-9-10-11-12-13-14-15-16-17-18-19-21-34-22-20-26(25(29)30,23-24(27)28)35(31,32)33/h2-23H2,1H3,(H,27,28)(H,29,30)(H,31,32,33). The zero-order chi connectivity index (χ0) is 26.4. The molecule has 0 aromatic heterocycles. The maximum atomic E-state index is 11.5. The predicted molar refractivity (Wildman–Crippen MR) is 138 cm³/mol. The van der Waals surface area contributed by atoms with E-state index in [1.165, 1.54) is 96.3 Å². The predicted octanol–water partition coefficient (Wildman–Crippen LogP) is 6.62. The summed E-state index contributed by atoms with van der Waals surface area (Å²) in [6.07, 6.45) is 21.0. The van der Waals surface area contributed by atoms with Crippen molar-refractivity contribution in [2.45, 2.75) is 140 Å². The van der Waals surface area contributed by atoms with E-state index in [0.717, 1.165) is 19.3 Å². The Morgan fingerprint density at radius 2 is 1.03 bits per heavy atom. The molecule has 208 valence electrons. The molecule has 0 fully saturated rings. The smallest absolute Gasteiger partial charge is 0.328 e. The number of carbonyl (C=O) groups is 2. The van der Waals surface area contributed by atoms with Crippen molar-refractivity contribution >= 4 is 22.1 Å². The van der Waals surface area contributed by atoms with Crippen molar-refractivity contribution in [3.8, 4) is 0 Å². The quantitative estimate of drug-likeness (QED) is 0.0850. The Labute approximate surface area is 213 Å². The Hall–Kier alpha value is -1.19. The number of carboxylic acids is 2. The number of unbranched alkanes of at least 4 members (excludes halogenated alkanes) is 17. The first kappa shape index (κ1) is 33.8. The fourth-order valence-electron chi connectivity index (χ4n) is 4.29. The molecule has 1 unspecified atom stereocenters. The van der Waals surface area contributed by atoms with E-state index in [1.807, 2.05) is 0 Å². The van der Waals surface area contributed by atoms with Gasteiger partial charge in [0, 0.05) is 19.6 Å². The number of hydrogen-bond acceptors (Lipinski definition) is 5. The average molecular weight is 523 g/mol. The van der Waals surface area contributed by atoms with Gasteiger partial charge in [-0.3, -0.25) is 14.1 Å². The maximum absolute atomic E-state index is 11.5. The van der Waals surface area contributed by atoms with E-state index in [4.69, 9.17) is 9.84 Å². The van der Waals surface area contributed by atoms with Gasteiger partial charge in [-0.2, -0.15) is 8.42 Å². The Balaban J connectivity index is 3.60. The van der Waals surface area contributed by atoms with Crippen LogP contribution in [-0.4, -0.2) is 53.1 Å². The van der Waals surface area contributed by atoms with Gasteiger partial charge < -0.3 is 14.9 Å². The van der Waals surface area contributed by atoms with Gasteiger partial charge in [-0.15, -0.1) is 0 Å². The second kappa shape index (κ2) is 20.9. The van der Waals surface area contributed by atoms with Gasteiger partial charge in [-0.25, -0.2) is 0 Å². The molecular weight excluding hydrogens is 472 g/mol. The van der Waals surface area contributed by atoms with Crippen molar-refractivity contribution < 1.29 is 37.5 Å². The highest BCUT2D eigenvalue weighted by Crippen LogP contribution is 2.26. The molecule has 0 aromatic carbocycles. The van der Waals surface area contributed by atoms with E-state index < -0.39 is 39.6 Å². The van der Waals surface area contributed by atoms with Crippen LogP contribution in [0.4, 0.5) is 0 Å². The molecule has 0 spiro atoms. The van der Waals surface area contributed by atoms with Crippen LogP contribution in [0.5, 0.6) is 0 Å². The summed E-state index contributed by atoms with van der Waals surface area (Å²) < 4.78 is 34.9. The number of aliphatic carboxylic acids is 2. The lowest BCUT2D eigenvalue weighted by Crippen LogP contribution is -2.48. The molecule has 0 aliphatic heterocycles. The fourth-order valence-corrected chi connectivity index (χ4v) is 5.16. The second-order valence-electron chi connectivity index (χ2n) is 9.72. The van der Waals surface area contributed by atoms with Crippen LogP contribution in [-0.2, 0) is 24.4 Å². The van der Waals surface area contributed by atoms with Crippen molar-refractivity contribution in [1.29, 1.82) is 0 Å². The summed E-state index contributed by atoms with van der Waals surface area (Å²) >= 11 is 0. The summed E-state index contributed by atoms with van der Waals surface area (Å²) in [5.41, 5.74) is 0. The van der Waals surface area contributed by atoms with Gasteiger partial charge in [0.05, 0.1) is 6.42 Å². The van der Waals surface area contributed by atoms with Crippen molar-refractivity contribution in [2.24, 2.45) is 0 Å². The Morgan fingerprint density at radius 1 is 0.657 bits per heavy atom. The first-order valence-corrected chi connectivity index (χ1v) is 15.1. The summed E-state index contributed by atoms with van der Waals surface area (Å²) in [6.45, 7) is 2.34. The van der Waals surface area contributed by atoms with Gasteiger partial charge in [-0.1, -0.05) is 116 Å². The summed E-state index contributed by atoms with van der Waals surface area (Å²) in [7, 11) is -5.11. The minimum Gasteiger partial charge on any atom is -0.481 e. The van der Waals surface area contributed by atoms with Crippen LogP contribution in [0.1, 0.15) is 135 Å². The Morgan fingerprint density at radius 3 is 1.34 bits per heavy atom. The van der Waals surface area contributed by atoms with E-state index in [-0.39, 0.29) is 6.61 Å². The number of rotatable bonds is 26. The Kier molecular flexibility index (Phi) is 20.2. The summed E-state index contributed by atoms with van der Waals surface area (Å²) in [4.78, 5) is 22.3. The molecule has 0 aliphatic rings. The molecule has 1 atom stereocenters. The molecular formula is C26H50O8S. The normalized spacial score (nSPS) is 13.5. The minimum absolute atomic E-state index is 0.252. The van der Waals surface area contributed by atoms with Crippen molar-refractivity contribution in [3.63, 3.8) is 0 Å². The number of carboxylic acid groups (broad SMARTS) is 2. The lowest BCUT2D eigenvalue weighted by molar-refractivity contribution is -0.147. The van der Waals surface area contributed by atoms with Gasteiger partial charge in [-0.05, 0) is 6.42 Å². The molecule has 0 saturated carbocycles. The summed E-state index contributed by atoms with van der Waals surface area (Å²) in [6, 6.07) is 0. The van der Waals surface area contributed by atoms with E-state index in [0.29, 0.717) is 6.61 Å². The third kappa shape index (κ3) is 17.0. The topological polar surface area (TPSA) is 138 Å². The monoisotopic (exact) mass is 522 g/mol. The molecule has 35 heavy (non-hydrogen) atoms. The lowest BCUT2D eigenvalue weighted by Gasteiger charge is -2.24. The molecule has 8 nitrogen and oxygen atoms in total. The highest BCUT2D eigenvalue weighted by molar-refractivity contribution is 7.88. The molecule has 0 heterocycles. The molecule has 0 amide bonds. The van der Waals surface area contributed by atoms with Crippen LogP contribution < -0.4 is 0 Å². The van der Waals surface area contributed by atoms with E-state index in [9.17, 15) is 27.7 Å². The minimum atomic E-state index is -5.11.